The summed E-state index contributed by atoms with van der Waals surface area (Å²) in [4.78, 5) is 11.7. The van der Waals surface area contributed by atoms with Gasteiger partial charge in [-0.2, -0.15) is 0 Å². The van der Waals surface area contributed by atoms with Crippen LogP contribution in [0.5, 0.6) is 0 Å². The summed E-state index contributed by atoms with van der Waals surface area (Å²) in [5.74, 6) is 0.752. The number of pyridine rings is 1. The molecule has 2 aromatic rings. The van der Waals surface area contributed by atoms with E-state index in [4.69, 9.17) is 12.2 Å². The fourth-order valence-corrected chi connectivity index (χ4v) is 1.93. The minimum Gasteiger partial charge on any atom is -0.343 e. The van der Waals surface area contributed by atoms with Crippen LogP contribution in [0.4, 0.5) is 0 Å². The van der Waals surface area contributed by atoms with E-state index < -0.39 is 0 Å². The number of rotatable bonds is 1. The Morgan fingerprint density at radius 2 is 2.06 bits per heavy atom. The van der Waals surface area contributed by atoms with E-state index in [-0.39, 0.29) is 0 Å². The van der Waals surface area contributed by atoms with E-state index in [9.17, 15) is 0 Å². The maximum absolute atomic E-state index is 5.20. The molecule has 3 nitrogen and oxygen atoms in total. The van der Waals surface area contributed by atoms with Gasteiger partial charge in [0.1, 0.15) is 10.5 Å². The van der Waals surface area contributed by atoms with Crippen LogP contribution in [0.3, 0.4) is 0 Å². The third-order valence-corrected chi connectivity index (χ3v) is 3.21. The topological polar surface area (TPSA) is 41.6 Å². The zero-order chi connectivity index (χ0) is 11.7. The predicted molar refractivity (Wildman–Crippen MR) is 69.8 cm³/mol. The molecule has 0 aromatic carbocycles. The van der Waals surface area contributed by atoms with Crippen LogP contribution in [0.1, 0.15) is 11.3 Å². The normalized spacial score (nSPS) is 10.4. The van der Waals surface area contributed by atoms with Crippen LogP contribution in [-0.2, 0) is 0 Å². The van der Waals surface area contributed by atoms with Gasteiger partial charge in [0.15, 0.2) is 0 Å². The van der Waals surface area contributed by atoms with E-state index in [1.165, 1.54) is 0 Å². The first-order valence-electron chi connectivity index (χ1n) is 4.76. The van der Waals surface area contributed by atoms with Crippen molar-refractivity contribution in [1.29, 1.82) is 0 Å². The molecule has 0 amide bonds. The van der Waals surface area contributed by atoms with Crippen LogP contribution in [0.2, 0.25) is 0 Å². The SMILES string of the molecule is Cc1[nH]c(-c2cncc(Br)c2)nc(=S)c1C. The number of aromatic amines is 1. The lowest BCUT2D eigenvalue weighted by Crippen LogP contribution is -1.96. The molecule has 16 heavy (non-hydrogen) atoms. The second kappa shape index (κ2) is 4.43. The summed E-state index contributed by atoms with van der Waals surface area (Å²) < 4.78 is 1.55. The molecule has 0 bridgehead atoms. The smallest absolute Gasteiger partial charge is 0.140 e. The van der Waals surface area contributed by atoms with Gasteiger partial charge in [0.25, 0.3) is 0 Å². The number of H-pyrrole nitrogens is 1. The highest BCUT2D eigenvalue weighted by atomic mass is 79.9. The van der Waals surface area contributed by atoms with Crippen molar-refractivity contribution in [1.82, 2.24) is 15.0 Å². The highest BCUT2D eigenvalue weighted by Gasteiger charge is 2.04. The van der Waals surface area contributed by atoms with Crippen LogP contribution in [0, 0.1) is 18.5 Å². The Kier molecular flexibility index (Phi) is 3.16. The summed E-state index contributed by atoms with van der Waals surface area (Å²) in [5, 5.41) is 0. The molecule has 2 aromatic heterocycles. The van der Waals surface area contributed by atoms with Gasteiger partial charge in [-0.1, -0.05) is 12.2 Å². The largest absolute Gasteiger partial charge is 0.343 e. The third kappa shape index (κ3) is 2.20. The van der Waals surface area contributed by atoms with Gasteiger partial charge in [-0.05, 0) is 35.8 Å². The van der Waals surface area contributed by atoms with Crippen molar-refractivity contribution in [2.45, 2.75) is 13.8 Å². The van der Waals surface area contributed by atoms with E-state index in [1.54, 1.807) is 12.4 Å². The lowest BCUT2D eigenvalue weighted by Gasteiger charge is -2.05. The Morgan fingerprint density at radius 1 is 1.31 bits per heavy atom. The molecule has 0 spiro atoms. The van der Waals surface area contributed by atoms with E-state index >= 15 is 0 Å². The molecule has 0 radical (unpaired) electrons. The number of aromatic nitrogens is 3. The molecule has 0 aliphatic rings. The van der Waals surface area contributed by atoms with Crippen LogP contribution in [0.25, 0.3) is 11.4 Å². The molecule has 0 aliphatic carbocycles. The van der Waals surface area contributed by atoms with Crippen molar-refractivity contribution < 1.29 is 0 Å². The standard InChI is InChI=1S/C11H10BrN3S/c1-6-7(2)14-10(15-11(6)16)8-3-9(12)5-13-4-8/h3-5H,1-2H3,(H,14,15,16). The minimum atomic E-state index is 0.631. The van der Waals surface area contributed by atoms with Gasteiger partial charge < -0.3 is 4.98 Å². The minimum absolute atomic E-state index is 0.631. The molecular weight excluding hydrogens is 286 g/mol. The highest BCUT2D eigenvalue weighted by molar-refractivity contribution is 9.10. The summed E-state index contributed by atoms with van der Waals surface area (Å²) in [7, 11) is 0. The molecular formula is C11H10BrN3S. The molecule has 2 rings (SSSR count). The lowest BCUT2D eigenvalue weighted by molar-refractivity contribution is 1.05. The Bertz CT molecular complexity index is 592. The van der Waals surface area contributed by atoms with Gasteiger partial charge in [0.05, 0.1) is 0 Å². The van der Waals surface area contributed by atoms with Crippen molar-refractivity contribution in [3.63, 3.8) is 0 Å². The zero-order valence-electron chi connectivity index (χ0n) is 8.91. The molecule has 0 saturated heterocycles. The van der Waals surface area contributed by atoms with Gasteiger partial charge in [0.2, 0.25) is 0 Å². The molecule has 0 unspecified atom stereocenters. The molecule has 0 fully saturated rings. The first-order chi connectivity index (χ1) is 7.58. The fraction of sp³-hybridized carbons (Fsp3) is 0.182. The molecule has 0 saturated carbocycles. The number of nitrogens with one attached hydrogen (secondary N) is 1. The Labute approximate surface area is 107 Å². The zero-order valence-corrected chi connectivity index (χ0v) is 11.3. The third-order valence-electron chi connectivity index (χ3n) is 2.38. The predicted octanol–water partition coefficient (Wildman–Crippen LogP) is 3.58. The van der Waals surface area contributed by atoms with Gasteiger partial charge >= 0.3 is 0 Å². The van der Waals surface area contributed by atoms with Gasteiger partial charge in [-0.3, -0.25) is 4.98 Å². The van der Waals surface area contributed by atoms with E-state index in [1.807, 2.05) is 19.9 Å². The van der Waals surface area contributed by atoms with Crippen molar-refractivity contribution >= 4 is 28.1 Å². The van der Waals surface area contributed by atoms with Crippen LogP contribution < -0.4 is 0 Å². The second-order valence-corrected chi connectivity index (χ2v) is 4.83. The van der Waals surface area contributed by atoms with Crippen molar-refractivity contribution in [2.75, 3.05) is 0 Å². The average Bonchev–Trinajstić information content (AvgIpc) is 2.25. The Hall–Kier alpha value is -1.07. The first kappa shape index (κ1) is 11.4. The van der Waals surface area contributed by atoms with Gasteiger partial charge in [-0.15, -0.1) is 0 Å². The quantitative estimate of drug-likeness (QED) is 0.818. The molecule has 0 aliphatic heterocycles. The monoisotopic (exact) mass is 295 g/mol. The number of aryl methyl sites for hydroxylation is 1. The van der Waals surface area contributed by atoms with E-state index in [0.29, 0.717) is 4.64 Å². The highest BCUT2D eigenvalue weighted by Crippen LogP contribution is 2.19. The summed E-state index contributed by atoms with van der Waals surface area (Å²) >= 11 is 8.58. The number of nitrogens with zero attached hydrogens (tertiary/aromatic N) is 2. The molecule has 2 heterocycles. The Morgan fingerprint density at radius 3 is 2.69 bits per heavy atom. The molecule has 5 heteroatoms. The van der Waals surface area contributed by atoms with Gasteiger partial charge in [0, 0.05) is 33.7 Å². The van der Waals surface area contributed by atoms with Crippen LogP contribution >= 0.6 is 28.1 Å². The summed E-state index contributed by atoms with van der Waals surface area (Å²) in [6.45, 7) is 3.95. The van der Waals surface area contributed by atoms with Crippen LogP contribution in [0.15, 0.2) is 22.9 Å². The maximum Gasteiger partial charge on any atom is 0.140 e. The first-order valence-corrected chi connectivity index (χ1v) is 5.96. The van der Waals surface area contributed by atoms with Crippen molar-refractivity contribution in [3.05, 3.63) is 38.8 Å². The summed E-state index contributed by atoms with van der Waals surface area (Å²) in [6.07, 6.45) is 3.49. The molecule has 0 atom stereocenters. The number of hydrogen-bond donors (Lipinski definition) is 1. The summed E-state index contributed by atoms with van der Waals surface area (Å²) in [6, 6.07) is 1.95. The van der Waals surface area contributed by atoms with E-state index in [0.717, 1.165) is 27.1 Å². The number of halogens is 1. The maximum atomic E-state index is 5.20. The van der Waals surface area contributed by atoms with Gasteiger partial charge in [-0.25, -0.2) is 4.98 Å². The Balaban J connectivity index is 2.61. The number of hydrogen-bond acceptors (Lipinski definition) is 3. The second-order valence-electron chi connectivity index (χ2n) is 3.53. The lowest BCUT2D eigenvalue weighted by atomic mass is 10.2. The molecule has 82 valence electrons. The van der Waals surface area contributed by atoms with Crippen molar-refractivity contribution in [3.8, 4) is 11.4 Å². The summed E-state index contributed by atoms with van der Waals surface area (Å²) in [5.41, 5.74) is 2.97. The van der Waals surface area contributed by atoms with Crippen LogP contribution in [-0.4, -0.2) is 15.0 Å². The molecule has 1 N–H and O–H groups in total. The fourth-order valence-electron chi connectivity index (χ4n) is 1.32. The van der Waals surface area contributed by atoms with E-state index in [2.05, 4.69) is 30.9 Å². The average molecular weight is 296 g/mol. The van der Waals surface area contributed by atoms with Crippen molar-refractivity contribution in [2.24, 2.45) is 0 Å².